The molecule has 3 aliphatic rings. The molecule has 2 unspecified atom stereocenters. The van der Waals surface area contributed by atoms with Crippen LogP contribution in [-0.2, 0) is 4.79 Å². The van der Waals surface area contributed by atoms with Gasteiger partial charge in [-0.15, -0.1) is 0 Å². The number of nitriles is 1. The molecule has 0 spiro atoms. The minimum Gasteiger partial charge on any atom is -0.388 e. The van der Waals surface area contributed by atoms with Crippen LogP contribution in [0.25, 0.3) is 0 Å². The number of hydrogen-bond acceptors (Lipinski definition) is 4. The zero-order valence-electron chi connectivity index (χ0n) is 9.55. The molecule has 16 heavy (non-hydrogen) atoms. The summed E-state index contributed by atoms with van der Waals surface area (Å²) in [5.74, 6) is 0.0111. The summed E-state index contributed by atoms with van der Waals surface area (Å²) in [5.41, 5.74) is 4.48. The molecule has 0 radical (unpaired) electrons. The van der Waals surface area contributed by atoms with Crippen molar-refractivity contribution < 1.29 is 9.90 Å². The normalized spacial score (nSPS) is 34.2. The van der Waals surface area contributed by atoms with Gasteiger partial charge in [0.2, 0.25) is 5.91 Å². The number of nitrogens with zero attached hydrogens (tertiary/aromatic N) is 2. The van der Waals surface area contributed by atoms with E-state index in [2.05, 4.69) is 6.07 Å². The van der Waals surface area contributed by atoms with E-state index in [1.165, 1.54) is 13.8 Å². The fourth-order valence-electron chi connectivity index (χ4n) is 2.52. The Morgan fingerprint density at radius 2 is 2.19 bits per heavy atom. The van der Waals surface area contributed by atoms with Crippen LogP contribution in [0, 0.1) is 17.2 Å². The van der Waals surface area contributed by atoms with Crippen LogP contribution in [-0.4, -0.2) is 39.6 Å². The molecule has 1 saturated carbocycles. The Morgan fingerprint density at radius 3 is 2.62 bits per heavy atom. The highest BCUT2D eigenvalue weighted by atomic mass is 16.3. The fraction of sp³-hybridized carbons (Fsp3) is 0.818. The van der Waals surface area contributed by atoms with Crippen LogP contribution in [0.3, 0.4) is 0 Å². The van der Waals surface area contributed by atoms with Crippen molar-refractivity contribution in [3.05, 3.63) is 0 Å². The van der Waals surface area contributed by atoms with Crippen molar-refractivity contribution in [2.24, 2.45) is 11.7 Å². The molecule has 2 aliphatic heterocycles. The number of rotatable bonds is 2. The van der Waals surface area contributed by atoms with Gasteiger partial charge >= 0.3 is 0 Å². The molecular weight excluding hydrogens is 206 g/mol. The Bertz CT molecular complexity index is 349. The van der Waals surface area contributed by atoms with Gasteiger partial charge in [-0.05, 0) is 32.6 Å². The topological polar surface area (TPSA) is 90.3 Å². The number of nitrogens with two attached hydrogens (primary N) is 1. The first-order valence-electron chi connectivity index (χ1n) is 5.56. The van der Waals surface area contributed by atoms with Crippen LogP contribution in [0.1, 0.15) is 26.7 Å². The molecule has 1 aliphatic carbocycles. The van der Waals surface area contributed by atoms with E-state index < -0.39 is 11.6 Å². The van der Waals surface area contributed by atoms with Crippen molar-refractivity contribution in [1.82, 2.24) is 4.90 Å². The number of aliphatic hydroxyl groups is 1. The molecule has 0 aromatic rings. The number of hydrogen-bond donors (Lipinski definition) is 2. The van der Waals surface area contributed by atoms with E-state index in [0.717, 1.165) is 12.8 Å². The summed E-state index contributed by atoms with van der Waals surface area (Å²) < 4.78 is 0. The molecule has 0 aromatic carbocycles. The first kappa shape index (κ1) is 11.4. The van der Waals surface area contributed by atoms with E-state index in [-0.39, 0.29) is 18.0 Å². The van der Waals surface area contributed by atoms with Gasteiger partial charge in [-0.2, -0.15) is 5.26 Å². The van der Waals surface area contributed by atoms with Crippen molar-refractivity contribution >= 4 is 5.91 Å². The average molecular weight is 223 g/mol. The summed E-state index contributed by atoms with van der Waals surface area (Å²) in [6.45, 7) is 3.02. The molecule has 1 amide bonds. The summed E-state index contributed by atoms with van der Waals surface area (Å²) in [6.07, 6.45) is 1.81. The number of fused-ring (bicyclic) bond motifs is 1. The predicted molar refractivity (Wildman–Crippen MR) is 57.0 cm³/mol. The van der Waals surface area contributed by atoms with Crippen molar-refractivity contribution in [3.8, 4) is 6.07 Å². The molecule has 5 nitrogen and oxygen atoms in total. The zero-order chi connectivity index (χ0) is 12.1. The van der Waals surface area contributed by atoms with Gasteiger partial charge in [-0.3, -0.25) is 4.79 Å². The number of carbonyl (C=O) groups excluding carboxylic acids is 1. The standard InChI is InChI=1S/C11H17N3O2/c1-11(2,16)9(13)10(15)14-7-3-6(4-7)8(14)5-12/h6-9,16H,3-4,13H2,1-2H3. The SMILES string of the molecule is CC(C)(O)C(N)C(=O)N1C2CC(C2)C1C#N. The van der Waals surface area contributed by atoms with E-state index in [1.54, 1.807) is 4.90 Å². The Hall–Kier alpha value is -1.12. The molecule has 5 heteroatoms. The van der Waals surface area contributed by atoms with Crippen molar-refractivity contribution in [1.29, 1.82) is 5.26 Å². The molecule has 3 N–H and O–H groups in total. The molecule has 88 valence electrons. The minimum absolute atomic E-state index is 0.163. The summed E-state index contributed by atoms with van der Waals surface area (Å²) in [5, 5.41) is 18.7. The minimum atomic E-state index is -1.25. The largest absolute Gasteiger partial charge is 0.388 e. The molecule has 2 bridgehead atoms. The Balaban J connectivity index is 2.14. The number of amides is 1. The maximum absolute atomic E-state index is 12.1. The Labute approximate surface area is 94.8 Å². The molecular formula is C11H17N3O2. The fourth-order valence-corrected chi connectivity index (χ4v) is 2.52. The van der Waals surface area contributed by atoms with Gasteiger partial charge in [0.25, 0.3) is 0 Å². The molecule has 3 rings (SSSR count). The maximum Gasteiger partial charge on any atom is 0.243 e. The third kappa shape index (κ3) is 1.49. The Morgan fingerprint density at radius 1 is 1.62 bits per heavy atom. The monoisotopic (exact) mass is 223 g/mol. The van der Waals surface area contributed by atoms with Crippen LogP contribution in [0.4, 0.5) is 0 Å². The predicted octanol–water partition coefficient (Wildman–Crippen LogP) is -0.402. The second-order valence-corrected chi connectivity index (χ2v) is 5.34. The summed E-state index contributed by atoms with van der Waals surface area (Å²) in [6, 6.07) is 1.03. The van der Waals surface area contributed by atoms with Gasteiger partial charge in [-0.25, -0.2) is 0 Å². The van der Waals surface area contributed by atoms with Crippen LogP contribution < -0.4 is 5.73 Å². The maximum atomic E-state index is 12.1. The van der Waals surface area contributed by atoms with Gasteiger partial charge < -0.3 is 15.7 Å². The van der Waals surface area contributed by atoms with E-state index in [0.29, 0.717) is 5.92 Å². The van der Waals surface area contributed by atoms with Crippen molar-refractivity contribution in [3.63, 3.8) is 0 Å². The van der Waals surface area contributed by atoms with Crippen LogP contribution in [0.15, 0.2) is 0 Å². The van der Waals surface area contributed by atoms with Gasteiger partial charge in [0.05, 0.1) is 11.7 Å². The molecule has 0 aromatic heterocycles. The van der Waals surface area contributed by atoms with Gasteiger partial charge in [0.15, 0.2) is 0 Å². The van der Waals surface area contributed by atoms with Gasteiger partial charge in [0, 0.05) is 6.04 Å². The Kier molecular flexibility index (Phi) is 2.44. The lowest BCUT2D eigenvalue weighted by molar-refractivity contribution is -0.138. The van der Waals surface area contributed by atoms with Gasteiger partial charge in [0.1, 0.15) is 12.1 Å². The third-order valence-electron chi connectivity index (χ3n) is 3.70. The van der Waals surface area contributed by atoms with Gasteiger partial charge in [-0.1, -0.05) is 0 Å². The van der Waals surface area contributed by atoms with Crippen LogP contribution in [0.2, 0.25) is 0 Å². The highest BCUT2D eigenvalue weighted by Gasteiger charge is 2.54. The van der Waals surface area contributed by atoms with Crippen molar-refractivity contribution in [2.75, 3.05) is 0 Å². The third-order valence-corrected chi connectivity index (χ3v) is 3.70. The quantitative estimate of drug-likeness (QED) is 0.666. The highest BCUT2D eigenvalue weighted by molar-refractivity contribution is 5.84. The smallest absolute Gasteiger partial charge is 0.243 e. The van der Waals surface area contributed by atoms with Crippen LogP contribution in [0.5, 0.6) is 0 Å². The zero-order valence-corrected chi connectivity index (χ0v) is 9.55. The lowest BCUT2D eigenvalue weighted by atomic mass is 9.83. The lowest BCUT2D eigenvalue weighted by Crippen LogP contribution is -2.56. The van der Waals surface area contributed by atoms with E-state index in [4.69, 9.17) is 11.0 Å². The molecule has 2 heterocycles. The first-order chi connectivity index (χ1) is 7.36. The van der Waals surface area contributed by atoms with E-state index >= 15 is 0 Å². The summed E-state index contributed by atoms with van der Waals surface area (Å²) in [4.78, 5) is 13.7. The summed E-state index contributed by atoms with van der Waals surface area (Å²) in [7, 11) is 0. The lowest BCUT2D eigenvalue weighted by Gasteiger charge is -2.32. The van der Waals surface area contributed by atoms with Crippen molar-refractivity contribution in [2.45, 2.75) is 50.4 Å². The highest BCUT2D eigenvalue weighted by Crippen LogP contribution is 2.45. The van der Waals surface area contributed by atoms with E-state index in [9.17, 15) is 9.90 Å². The van der Waals surface area contributed by atoms with E-state index in [1.807, 2.05) is 0 Å². The molecule has 3 fully saturated rings. The number of carbonyl (C=O) groups is 1. The first-order valence-corrected chi connectivity index (χ1v) is 5.56. The average Bonchev–Trinajstić information content (AvgIpc) is 2.65. The molecule has 2 atom stereocenters. The summed E-state index contributed by atoms with van der Waals surface area (Å²) >= 11 is 0. The molecule has 2 saturated heterocycles. The van der Waals surface area contributed by atoms with Crippen LogP contribution >= 0.6 is 0 Å². The second-order valence-electron chi connectivity index (χ2n) is 5.34. The second kappa shape index (κ2) is 3.44.